The van der Waals surface area contributed by atoms with Crippen molar-refractivity contribution in [3.63, 3.8) is 0 Å². The van der Waals surface area contributed by atoms with Crippen molar-refractivity contribution < 1.29 is 23.1 Å². The largest absolute Gasteiger partial charge is 0.480 e. The van der Waals surface area contributed by atoms with E-state index in [9.17, 15) is 23.1 Å². The van der Waals surface area contributed by atoms with Crippen molar-refractivity contribution in [2.45, 2.75) is 25.6 Å². The second-order valence-electron chi connectivity index (χ2n) is 5.74. The lowest BCUT2D eigenvalue weighted by molar-refractivity contribution is -0.145. The molecule has 0 spiro atoms. The van der Waals surface area contributed by atoms with E-state index >= 15 is 0 Å². The number of aliphatic carboxylic acids is 1. The fraction of sp³-hybridized carbons (Fsp3) is 0.562. The molecule has 1 atom stereocenters. The molecule has 4 nitrogen and oxygen atoms in total. The molecule has 1 aromatic carbocycles. The third-order valence-electron chi connectivity index (χ3n) is 4.08. The molecule has 0 aromatic heterocycles. The number of carboxylic acid groups (broad SMARTS) is 1. The van der Waals surface area contributed by atoms with Crippen molar-refractivity contribution in [1.82, 2.24) is 9.80 Å². The van der Waals surface area contributed by atoms with Gasteiger partial charge >= 0.3 is 12.1 Å². The Kier molecular flexibility index (Phi) is 5.64. The number of alkyl halides is 3. The van der Waals surface area contributed by atoms with Crippen LogP contribution in [0.5, 0.6) is 0 Å². The van der Waals surface area contributed by atoms with Gasteiger partial charge in [-0.15, -0.1) is 0 Å². The second kappa shape index (κ2) is 7.31. The number of rotatable bonds is 5. The highest BCUT2D eigenvalue weighted by Gasteiger charge is 2.34. The van der Waals surface area contributed by atoms with E-state index in [1.807, 2.05) is 0 Å². The van der Waals surface area contributed by atoms with E-state index in [0.717, 1.165) is 38.2 Å². The molecule has 7 heteroatoms. The second-order valence-corrected chi connectivity index (χ2v) is 5.74. The molecule has 2 rings (SSSR count). The van der Waals surface area contributed by atoms with Gasteiger partial charge in [0.05, 0.1) is 5.56 Å². The van der Waals surface area contributed by atoms with E-state index in [1.165, 1.54) is 12.1 Å². The first-order valence-corrected chi connectivity index (χ1v) is 7.69. The molecule has 1 aromatic rings. The standard InChI is InChI=1S/C16H21F3N2O2/c1-2-6-20-7-9-21(10-8-20)14(15(22)23)12-4-3-5-13(11-12)16(17,18)19/h3-5,11,14H,2,6-10H2,1H3,(H,22,23). The Morgan fingerprint density at radius 3 is 2.43 bits per heavy atom. The molecular weight excluding hydrogens is 309 g/mol. The van der Waals surface area contributed by atoms with E-state index in [1.54, 1.807) is 4.90 Å². The summed E-state index contributed by atoms with van der Waals surface area (Å²) in [6.07, 6.45) is -3.45. The summed E-state index contributed by atoms with van der Waals surface area (Å²) in [5.74, 6) is -1.12. The van der Waals surface area contributed by atoms with Crippen LogP contribution in [0.15, 0.2) is 24.3 Å². The van der Waals surface area contributed by atoms with Crippen LogP contribution in [-0.4, -0.2) is 53.6 Å². The van der Waals surface area contributed by atoms with Gasteiger partial charge in [0.2, 0.25) is 0 Å². The molecule has 23 heavy (non-hydrogen) atoms. The van der Waals surface area contributed by atoms with Crippen LogP contribution in [0.2, 0.25) is 0 Å². The Morgan fingerprint density at radius 1 is 1.26 bits per heavy atom. The molecule has 0 saturated carbocycles. The summed E-state index contributed by atoms with van der Waals surface area (Å²) in [6.45, 7) is 5.57. The van der Waals surface area contributed by atoms with Crippen molar-refractivity contribution in [3.05, 3.63) is 35.4 Å². The zero-order valence-electron chi connectivity index (χ0n) is 13.0. The molecule has 0 aliphatic carbocycles. The van der Waals surface area contributed by atoms with Gasteiger partial charge in [-0.3, -0.25) is 9.69 Å². The number of piperazine rings is 1. The Morgan fingerprint density at radius 2 is 1.91 bits per heavy atom. The number of halogens is 3. The number of benzene rings is 1. The van der Waals surface area contributed by atoms with Gasteiger partial charge in [-0.1, -0.05) is 19.1 Å². The van der Waals surface area contributed by atoms with Crippen molar-refractivity contribution in [1.29, 1.82) is 0 Å². The molecule has 1 unspecified atom stereocenters. The van der Waals surface area contributed by atoms with Gasteiger partial charge in [0.25, 0.3) is 0 Å². The highest BCUT2D eigenvalue weighted by molar-refractivity contribution is 5.75. The summed E-state index contributed by atoms with van der Waals surface area (Å²) in [5.41, 5.74) is -0.637. The fourth-order valence-electron chi connectivity index (χ4n) is 2.96. The van der Waals surface area contributed by atoms with E-state index in [0.29, 0.717) is 13.1 Å². The fourth-order valence-corrected chi connectivity index (χ4v) is 2.96. The molecule has 1 N–H and O–H groups in total. The molecule has 1 heterocycles. The van der Waals surface area contributed by atoms with Crippen molar-refractivity contribution in [3.8, 4) is 0 Å². The lowest BCUT2D eigenvalue weighted by Crippen LogP contribution is -2.49. The maximum Gasteiger partial charge on any atom is 0.416 e. The lowest BCUT2D eigenvalue weighted by Gasteiger charge is -2.37. The Bertz CT molecular complexity index is 540. The Balaban J connectivity index is 2.18. The smallest absolute Gasteiger partial charge is 0.416 e. The van der Waals surface area contributed by atoms with Gasteiger partial charge in [0.15, 0.2) is 0 Å². The van der Waals surface area contributed by atoms with Crippen molar-refractivity contribution in [2.24, 2.45) is 0 Å². The monoisotopic (exact) mass is 330 g/mol. The molecule has 128 valence electrons. The van der Waals surface area contributed by atoms with E-state index in [4.69, 9.17) is 0 Å². The van der Waals surface area contributed by atoms with Crippen LogP contribution in [0.1, 0.15) is 30.5 Å². The average Bonchev–Trinajstić information content (AvgIpc) is 2.49. The predicted molar refractivity (Wildman–Crippen MR) is 80.1 cm³/mol. The third kappa shape index (κ3) is 4.45. The van der Waals surface area contributed by atoms with Gasteiger partial charge in [-0.05, 0) is 30.7 Å². The zero-order chi connectivity index (χ0) is 17.0. The summed E-state index contributed by atoms with van der Waals surface area (Å²) in [5, 5.41) is 9.51. The number of hydrogen-bond donors (Lipinski definition) is 1. The van der Waals surface area contributed by atoms with Crippen molar-refractivity contribution >= 4 is 5.97 Å². The van der Waals surface area contributed by atoms with Crippen LogP contribution in [0, 0.1) is 0 Å². The Hall–Kier alpha value is -1.60. The van der Waals surface area contributed by atoms with Gasteiger partial charge in [-0.25, -0.2) is 0 Å². The quantitative estimate of drug-likeness (QED) is 0.902. The normalized spacial score (nSPS) is 18.8. The SMILES string of the molecule is CCCN1CCN(C(C(=O)O)c2cccc(C(F)(F)F)c2)CC1. The van der Waals surface area contributed by atoms with Gasteiger partial charge in [0.1, 0.15) is 6.04 Å². The minimum atomic E-state index is -4.47. The zero-order valence-corrected chi connectivity index (χ0v) is 13.0. The Labute approximate surface area is 133 Å². The topological polar surface area (TPSA) is 43.8 Å². The number of carboxylic acids is 1. The molecule has 1 aliphatic heterocycles. The molecule has 0 bridgehead atoms. The minimum Gasteiger partial charge on any atom is -0.480 e. The summed E-state index contributed by atoms with van der Waals surface area (Å²) < 4.78 is 38.5. The van der Waals surface area contributed by atoms with Gasteiger partial charge < -0.3 is 10.0 Å². The lowest BCUT2D eigenvalue weighted by atomic mass is 10.0. The predicted octanol–water partition coefficient (Wildman–Crippen LogP) is 2.86. The third-order valence-corrected chi connectivity index (χ3v) is 4.08. The summed E-state index contributed by atoms with van der Waals surface area (Å²) in [7, 11) is 0. The first kappa shape index (κ1) is 17.7. The highest BCUT2D eigenvalue weighted by Crippen LogP contribution is 2.32. The van der Waals surface area contributed by atoms with Crippen LogP contribution in [0.25, 0.3) is 0 Å². The van der Waals surface area contributed by atoms with Crippen LogP contribution in [0.4, 0.5) is 13.2 Å². The van der Waals surface area contributed by atoms with Gasteiger partial charge in [0, 0.05) is 26.2 Å². The maximum atomic E-state index is 12.8. The molecule has 1 saturated heterocycles. The summed E-state index contributed by atoms with van der Waals surface area (Å²) in [4.78, 5) is 15.6. The van der Waals surface area contributed by atoms with Crippen LogP contribution in [0.3, 0.4) is 0 Å². The van der Waals surface area contributed by atoms with E-state index in [2.05, 4.69) is 11.8 Å². The van der Waals surface area contributed by atoms with Crippen molar-refractivity contribution in [2.75, 3.05) is 32.7 Å². The average molecular weight is 330 g/mol. The number of nitrogens with zero attached hydrogens (tertiary/aromatic N) is 2. The molecule has 0 radical (unpaired) electrons. The van der Waals surface area contributed by atoms with Crippen LogP contribution < -0.4 is 0 Å². The van der Waals surface area contributed by atoms with Crippen LogP contribution in [-0.2, 0) is 11.0 Å². The van der Waals surface area contributed by atoms with Crippen LogP contribution >= 0.6 is 0 Å². The summed E-state index contributed by atoms with van der Waals surface area (Å²) >= 11 is 0. The first-order chi connectivity index (χ1) is 10.8. The van der Waals surface area contributed by atoms with E-state index < -0.39 is 23.8 Å². The molecule has 1 aliphatic rings. The van der Waals surface area contributed by atoms with E-state index in [-0.39, 0.29) is 5.56 Å². The minimum absolute atomic E-state index is 0.177. The summed E-state index contributed by atoms with van der Waals surface area (Å²) in [6, 6.07) is 3.58. The molecular formula is C16H21F3N2O2. The molecule has 0 amide bonds. The number of hydrogen-bond acceptors (Lipinski definition) is 3. The maximum absolute atomic E-state index is 12.8. The first-order valence-electron chi connectivity index (χ1n) is 7.69. The van der Waals surface area contributed by atoms with Gasteiger partial charge in [-0.2, -0.15) is 13.2 Å². The number of carbonyl (C=O) groups is 1. The molecule has 1 fully saturated rings. The highest BCUT2D eigenvalue weighted by atomic mass is 19.4.